The first-order valence-electron chi connectivity index (χ1n) is 6.57. The Morgan fingerprint density at radius 3 is 2.57 bits per heavy atom. The van der Waals surface area contributed by atoms with Crippen molar-refractivity contribution in [3.8, 4) is 0 Å². The van der Waals surface area contributed by atoms with Crippen LogP contribution in [0.5, 0.6) is 0 Å². The largest absolute Gasteiger partial charge is 0.398 e. The molecule has 110 valence electrons. The third-order valence-corrected chi connectivity index (χ3v) is 4.35. The number of hydrogen-bond acceptors (Lipinski definition) is 3. The number of nitrogen functional groups attached to an aromatic ring is 1. The number of carbonyl (C=O) groups is 1. The molecular weight excluding hydrogens is 284 g/mol. The molecule has 1 amide bonds. The van der Waals surface area contributed by atoms with Gasteiger partial charge in [0.15, 0.2) is 0 Å². The highest BCUT2D eigenvalue weighted by molar-refractivity contribution is 7.86. The molecule has 0 radical (unpaired) electrons. The topological polar surface area (TPSA) is 72.2 Å². The maximum absolute atomic E-state index is 12.3. The molecule has 0 fully saturated rings. The van der Waals surface area contributed by atoms with Crippen LogP contribution in [-0.2, 0) is 15.6 Å². The van der Waals surface area contributed by atoms with E-state index in [0.29, 0.717) is 16.3 Å². The van der Waals surface area contributed by atoms with Crippen LogP contribution in [0.15, 0.2) is 47.4 Å². The first kappa shape index (κ1) is 15.3. The van der Waals surface area contributed by atoms with Crippen molar-refractivity contribution in [2.45, 2.75) is 18.7 Å². The Morgan fingerprint density at radius 2 is 1.86 bits per heavy atom. The maximum Gasteiger partial charge on any atom is 0.237 e. The second-order valence-electron chi connectivity index (χ2n) is 4.95. The van der Waals surface area contributed by atoms with Crippen molar-refractivity contribution in [3.05, 3.63) is 53.6 Å². The molecule has 4 nitrogen and oxygen atoms in total. The zero-order valence-corrected chi connectivity index (χ0v) is 12.9. The lowest BCUT2D eigenvalue weighted by Gasteiger charge is -2.08. The van der Waals surface area contributed by atoms with Crippen molar-refractivity contribution in [3.63, 3.8) is 0 Å². The third-order valence-electron chi connectivity index (χ3n) is 2.98. The average molecular weight is 302 g/mol. The SMILES string of the molecule is Cc1cccc(NC(=O)CS(=O)c2cc(C)ccc2N)c1. The molecule has 0 aliphatic rings. The number of hydrogen-bond donors (Lipinski definition) is 2. The molecule has 1 atom stereocenters. The summed E-state index contributed by atoms with van der Waals surface area (Å²) >= 11 is 0. The zero-order valence-electron chi connectivity index (χ0n) is 12.1. The molecule has 0 bridgehead atoms. The summed E-state index contributed by atoms with van der Waals surface area (Å²) in [5.41, 5.74) is 8.98. The normalized spacial score (nSPS) is 11.9. The molecule has 0 aromatic heterocycles. The summed E-state index contributed by atoms with van der Waals surface area (Å²) < 4.78 is 12.3. The molecule has 21 heavy (non-hydrogen) atoms. The van der Waals surface area contributed by atoms with E-state index in [-0.39, 0.29) is 11.7 Å². The number of anilines is 2. The fourth-order valence-electron chi connectivity index (χ4n) is 1.96. The number of benzene rings is 2. The van der Waals surface area contributed by atoms with Gasteiger partial charge in [-0.3, -0.25) is 9.00 Å². The zero-order chi connectivity index (χ0) is 15.4. The lowest BCUT2D eigenvalue weighted by Crippen LogP contribution is -2.20. The second-order valence-corrected chi connectivity index (χ2v) is 6.37. The highest BCUT2D eigenvalue weighted by atomic mass is 32.2. The molecule has 0 aliphatic heterocycles. The van der Waals surface area contributed by atoms with Gasteiger partial charge in [0.05, 0.1) is 15.7 Å². The lowest BCUT2D eigenvalue weighted by molar-refractivity contribution is -0.113. The summed E-state index contributed by atoms with van der Waals surface area (Å²) in [7, 11) is -1.45. The number of carbonyl (C=O) groups excluding carboxylic acids is 1. The molecular formula is C16H18N2O2S. The third kappa shape index (κ3) is 4.16. The first-order chi connectivity index (χ1) is 9.95. The molecule has 1 unspecified atom stereocenters. The quantitative estimate of drug-likeness (QED) is 0.853. The van der Waals surface area contributed by atoms with Crippen LogP contribution in [0, 0.1) is 13.8 Å². The highest BCUT2D eigenvalue weighted by Crippen LogP contribution is 2.18. The van der Waals surface area contributed by atoms with Gasteiger partial charge in [0.2, 0.25) is 5.91 Å². The molecule has 0 saturated carbocycles. The van der Waals surface area contributed by atoms with Crippen LogP contribution in [0.2, 0.25) is 0 Å². The number of nitrogens with one attached hydrogen (secondary N) is 1. The van der Waals surface area contributed by atoms with Crippen molar-refractivity contribution in [2.75, 3.05) is 16.8 Å². The molecule has 3 N–H and O–H groups in total. The summed E-state index contributed by atoms with van der Waals surface area (Å²) in [5, 5.41) is 2.74. The van der Waals surface area contributed by atoms with E-state index in [1.807, 2.05) is 38.1 Å². The van der Waals surface area contributed by atoms with E-state index in [4.69, 9.17) is 5.73 Å². The fourth-order valence-corrected chi connectivity index (χ4v) is 3.07. The molecule has 0 spiro atoms. The van der Waals surface area contributed by atoms with Crippen LogP contribution < -0.4 is 11.1 Å². The smallest absolute Gasteiger partial charge is 0.237 e. The Kier molecular flexibility index (Phi) is 4.75. The molecule has 5 heteroatoms. The van der Waals surface area contributed by atoms with E-state index in [9.17, 15) is 9.00 Å². The van der Waals surface area contributed by atoms with Crippen LogP contribution >= 0.6 is 0 Å². The van der Waals surface area contributed by atoms with Gasteiger partial charge in [-0.25, -0.2) is 0 Å². The number of rotatable bonds is 4. The molecule has 2 aromatic rings. The number of aryl methyl sites for hydroxylation is 2. The van der Waals surface area contributed by atoms with E-state index < -0.39 is 10.8 Å². The second kappa shape index (κ2) is 6.54. The standard InChI is InChI=1S/C16H18N2O2S/c1-11-4-3-5-13(8-11)18-16(19)10-21(20)15-9-12(2)6-7-14(15)17/h3-9H,10,17H2,1-2H3,(H,18,19). The Balaban J connectivity index is 2.05. The Morgan fingerprint density at radius 1 is 1.14 bits per heavy atom. The van der Waals surface area contributed by atoms with Gasteiger partial charge in [-0.1, -0.05) is 18.2 Å². The monoisotopic (exact) mass is 302 g/mol. The molecule has 0 heterocycles. The van der Waals surface area contributed by atoms with Crippen LogP contribution in [0.25, 0.3) is 0 Å². The predicted octanol–water partition coefficient (Wildman–Crippen LogP) is 2.63. The Labute approximate surface area is 126 Å². The lowest BCUT2D eigenvalue weighted by atomic mass is 10.2. The maximum atomic E-state index is 12.3. The summed E-state index contributed by atoms with van der Waals surface area (Å²) in [6, 6.07) is 12.8. The van der Waals surface area contributed by atoms with Crippen molar-refractivity contribution >= 4 is 28.1 Å². The minimum atomic E-state index is -1.45. The van der Waals surface area contributed by atoms with Gasteiger partial charge in [-0.2, -0.15) is 0 Å². The number of amides is 1. The van der Waals surface area contributed by atoms with Gasteiger partial charge in [0.25, 0.3) is 0 Å². The average Bonchev–Trinajstić information content (AvgIpc) is 2.41. The Bertz CT molecular complexity index is 698. The van der Waals surface area contributed by atoms with Gasteiger partial charge >= 0.3 is 0 Å². The van der Waals surface area contributed by atoms with Gasteiger partial charge in [-0.15, -0.1) is 0 Å². The van der Waals surface area contributed by atoms with Crippen LogP contribution in [0.1, 0.15) is 11.1 Å². The minimum Gasteiger partial charge on any atom is -0.398 e. The van der Waals surface area contributed by atoms with Crippen LogP contribution in [-0.4, -0.2) is 15.9 Å². The van der Waals surface area contributed by atoms with Gasteiger partial charge in [-0.05, 0) is 49.2 Å². The van der Waals surface area contributed by atoms with E-state index >= 15 is 0 Å². The van der Waals surface area contributed by atoms with Gasteiger partial charge in [0.1, 0.15) is 5.75 Å². The minimum absolute atomic E-state index is 0.110. The molecule has 2 rings (SSSR count). The summed E-state index contributed by atoms with van der Waals surface area (Å²) in [4.78, 5) is 12.5. The highest BCUT2D eigenvalue weighted by Gasteiger charge is 2.13. The van der Waals surface area contributed by atoms with E-state index in [2.05, 4.69) is 5.32 Å². The van der Waals surface area contributed by atoms with Gasteiger partial charge in [0, 0.05) is 11.4 Å². The van der Waals surface area contributed by atoms with E-state index in [1.54, 1.807) is 18.2 Å². The van der Waals surface area contributed by atoms with Gasteiger partial charge < -0.3 is 11.1 Å². The molecule has 0 saturated heterocycles. The summed E-state index contributed by atoms with van der Waals surface area (Å²) in [5.74, 6) is -0.401. The Hall–Kier alpha value is -2.14. The van der Waals surface area contributed by atoms with Crippen molar-refractivity contribution in [2.24, 2.45) is 0 Å². The molecule has 2 aromatic carbocycles. The summed E-state index contributed by atoms with van der Waals surface area (Å²) in [6.45, 7) is 3.84. The van der Waals surface area contributed by atoms with E-state index in [0.717, 1.165) is 11.1 Å². The fraction of sp³-hybridized carbons (Fsp3) is 0.188. The molecule has 0 aliphatic carbocycles. The first-order valence-corrected chi connectivity index (χ1v) is 7.88. The van der Waals surface area contributed by atoms with Crippen molar-refractivity contribution < 1.29 is 9.00 Å². The van der Waals surface area contributed by atoms with E-state index in [1.165, 1.54) is 0 Å². The van der Waals surface area contributed by atoms with Crippen LogP contribution in [0.4, 0.5) is 11.4 Å². The predicted molar refractivity (Wildman–Crippen MR) is 86.7 cm³/mol. The van der Waals surface area contributed by atoms with Crippen LogP contribution in [0.3, 0.4) is 0 Å². The van der Waals surface area contributed by atoms with Crippen molar-refractivity contribution in [1.82, 2.24) is 0 Å². The number of nitrogens with two attached hydrogens (primary N) is 1. The summed E-state index contributed by atoms with van der Waals surface area (Å²) in [6.07, 6.45) is 0. The van der Waals surface area contributed by atoms with Crippen molar-refractivity contribution in [1.29, 1.82) is 0 Å².